The van der Waals surface area contributed by atoms with Crippen LogP contribution >= 0.6 is 12.4 Å². The molecular weight excluding hydrogens is 392 g/mol. The number of fused-ring (bicyclic) bond motifs is 1. The van der Waals surface area contributed by atoms with E-state index in [0.717, 1.165) is 54.9 Å². The first-order chi connectivity index (χ1) is 13.6. The van der Waals surface area contributed by atoms with E-state index in [1.165, 1.54) is 0 Å². The van der Waals surface area contributed by atoms with Crippen LogP contribution in [0.25, 0.3) is 0 Å². The zero-order valence-corrected chi connectivity index (χ0v) is 17.8. The van der Waals surface area contributed by atoms with Crippen molar-refractivity contribution < 1.29 is 14.3 Å². The minimum absolute atomic E-state index is 0. The van der Waals surface area contributed by atoms with Crippen LogP contribution in [-0.2, 0) is 31.4 Å². The molecule has 0 saturated carbocycles. The number of rotatable bonds is 5. The third-order valence-electron chi connectivity index (χ3n) is 5.70. The summed E-state index contributed by atoms with van der Waals surface area (Å²) < 4.78 is 13.6. The van der Waals surface area contributed by atoms with Crippen LogP contribution in [0.5, 0.6) is 5.75 Å². The highest BCUT2D eigenvalue weighted by atomic mass is 35.5. The van der Waals surface area contributed by atoms with Crippen LogP contribution in [0.3, 0.4) is 0 Å². The van der Waals surface area contributed by atoms with Gasteiger partial charge in [-0.05, 0) is 50.6 Å². The van der Waals surface area contributed by atoms with E-state index in [2.05, 4.69) is 15.7 Å². The highest BCUT2D eigenvalue weighted by Gasteiger charge is 2.40. The van der Waals surface area contributed by atoms with E-state index >= 15 is 0 Å². The van der Waals surface area contributed by atoms with E-state index in [-0.39, 0.29) is 23.9 Å². The first kappa shape index (κ1) is 21.6. The molecule has 2 N–H and O–H groups in total. The van der Waals surface area contributed by atoms with Crippen molar-refractivity contribution >= 4 is 18.3 Å². The van der Waals surface area contributed by atoms with Gasteiger partial charge in [-0.2, -0.15) is 5.10 Å². The summed E-state index contributed by atoms with van der Waals surface area (Å²) in [6.07, 6.45) is 2.81. The van der Waals surface area contributed by atoms with E-state index in [4.69, 9.17) is 9.47 Å². The molecule has 1 spiro atoms. The minimum atomic E-state index is -0.157. The van der Waals surface area contributed by atoms with Crippen molar-refractivity contribution in [3.05, 3.63) is 46.8 Å². The van der Waals surface area contributed by atoms with Crippen LogP contribution in [0.2, 0.25) is 0 Å². The molecule has 1 amide bonds. The molecule has 2 aliphatic rings. The lowest BCUT2D eigenvalue weighted by Crippen LogP contribution is -2.47. The Balaban J connectivity index is 0.00000240. The van der Waals surface area contributed by atoms with Gasteiger partial charge >= 0.3 is 0 Å². The number of carbonyl (C=O) groups is 1. The summed E-state index contributed by atoms with van der Waals surface area (Å²) >= 11 is 0. The zero-order valence-electron chi connectivity index (χ0n) is 17.0. The van der Waals surface area contributed by atoms with Crippen LogP contribution in [0.1, 0.15) is 47.1 Å². The van der Waals surface area contributed by atoms with Crippen molar-refractivity contribution in [2.45, 2.75) is 44.9 Å². The Bertz CT molecular complexity index is 844. The highest BCUT2D eigenvalue weighted by Crippen LogP contribution is 2.35. The van der Waals surface area contributed by atoms with Gasteiger partial charge in [0.2, 0.25) is 0 Å². The van der Waals surface area contributed by atoms with Crippen LogP contribution in [0, 0.1) is 0 Å². The number of nitrogens with one attached hydrogen (secondary N) is 2. The molecule has 2 aromatic rings. The first-order valence-corrected chi connectivity index (χ1v) is 9.99. The summed E-state index contributed by atoms with van der Waals surface area (Å²) in [6.45, 7) is 5.45. The molecule has 0 radical (unpaired) electrons. The maximum absolute atomic E-state index is 12.8. The van der Waals surface area contributed by atoms with Gasteiger partial charge in [0, 0.05) is 31.3 Å². The number of ether oxygens (including phenoxy) is 2. The monoisotopic (exact) mass is 420 g/mol. The van der Waals surface area contributed by atoms with Crippen molar-refractivity contribution in [1.29, 1.82) is 0 Å². The van der Waals surface area contributed by atoms with Gasteiger partial charge < -0.3 is 20.1 Å². The zero-order chi connectivity index (χ0) is 19.6. The van der Waals surface area contributed by atoms with Gasteiger partial charge in [-0.25, -0.2) is 0 Å². The van der Waals surface area contributed by atoms with Crippen LogP contribution < -0.4 is 15.4 Å². The second kappa shape index (κ2) is 9.15. The number of carbonyl (C=O) groups excluding carboxylic acids is 1. The van der Waals surface area contributed by atoms with Crippen LogP contribution in [-0.4, -0.2) is 41.0 Å². The summed E-state index contributed by atoms with van der Waals surface area (Å²) in [4.78, 5) is 12.8. The summed E-state index contributed by atoms with van der Waals surface area (Å²) in [5.41, 5.74) is 3.44. The van der Waals surface area contributed by atoms with E-state index in [9.17, 15) is 4.79 Å². The third kappa shape index (κ3) is 4.57. The second-order valence-corrected chi connectivity index (χ2v) is 7.56. The number of nitrogens with zero attached hydrogens (tertiary/aromatic N) is 2. The number of aromatic nitrogens is 2. The Labute approximate surface area is 177 Å². The average Bonchev–Trinajstić information content (AvgIpc) is 3.04. The lowest BCUT2D eigenvalue weighted by molar-refractivity contribution is -0.0869. The van der Waals surface area contributed by atoms with Crippen LogP contribution in [0.15, 0.2) is 24.3 Å². The minimum Gasteiger partial charge on any atom is -0.494 e. The lowest BCUT2D eigenvalue weighted by Gasteiger charge is -2.40. The van der Waals surface area contributed by atoms with Crippen molar-refractivity contribution in [3.63, 3.8) is 0 Å². The summed E-state index contributed by atoms with van der Waals surface area (Å²) in [5.74, 6) is 0.677. The van der Waals surface area contributed by atoms with Crippen molar-refractivity contribution in [3.8, 4) is 5.75 Å². The fourth-order valence-electron chi connectivity index (χ4n) is 4.08. The topological polar surface area (TPSA) is 77.4 Å². The van der Waals surface area contributed by atoms with Gasteiger partial charge in [0.05, 0.1) is 18.8 Å². The fraction of sp³-hybridized carbons (Fsp3) is 0.524. The molecule has 1 aromatic carbocycles. The number of piperidine rings is 1. The normalized spacial score (nSPS) is 17.3. The molecule has 29 heavy (non-hydrogen) atoms. The molecule has 0 bridgehead atoms. The number of benzene rings is 1. The molecule has 3 heterocycles. The van der Waals surface area contributed by atoms with Gasteiger partial charge in [-0.3, -0.25) is 9.48 Å². The van der Waals surface area contributed by atoms with E-state index in [0.29, 0.717) is 25.5 Å². The van der Waals surface area contributed by atoms with Gasteiger partial charge in [0.25, 0.3) is 5.91 Å². The summed E-state index contributed by atoms with van der Waals surface area (Å²) in [6, 6.07) is 7.76. The molecule has 0 atom stereocenters. The quantitative estimate of drug-likeness (QED) is 0.776. The maximum atomic E-state index is 12.8. The van der Waals surface area contributed by atoms with Gasteiger partial charge in [-0.1, -0.05) is 12.1 Å². The molecular formula is C21H29ClN4O3. The van der Waals surface area contributed by atoms with Gasteiger partial charge in [0.15, 0.2) is 5.69 Å². The molecule has 8 heteroatoms. The Morgan fingerprint density at radius 2 is 2.03 bits per heavy atom. The Morgan fingerprint density at radius 3 is 2.72 bits per heavy atom. The van der Waals surface area contributed by atoms with Gasteiger partial charge in [-0.15, -0.1) is 12.4 Å². The fourth-order valence-corrected chi connectivity index (χ4v) is 4.08. The average molecular weight is 421 g/mol. The molecule has 1 aromatic heterocycles. The van der Waals surface area contributed by atoms with Crippen LogP contribution in [0.4, 0.5) is 0 Å². The molecule has 1 fully saturated rings. The predicted molar refractivity (Wildman–Crippen MR) is 113 cm³/mol. The predicted octanol–water partition coefficient (Wildman–Crippen LogP) is 2.37. The number of aryl methyl sites for hydroxylation is 1. The smallest absolute Gasteiger partial charge is 0.272 e. The largest absolute Gasteiger partial charge is 0.494 e. The molecule has 0 aliphatic carbocycles. The number of amides is 1. The van der Waals surface area contributed by atoms with E-state index in [1.54, 1.807) is 0 Å². The molecule has 7 nitrogen and oxygen atoms in total. The third-order valence-corrected chi connectivity index (χ3v) is 5.70. The molecule has 4 rings (SSSR count). The maximum Gasteiger partial charge on any atom is 0.272 e. The summed E-state index contributed by atoms with van der Waals surface area (Å²) in [7, 11) is 1.92. The van der Waals surface area contributed by atoms with E-state index < -0.39 is 0 Å². The molecule has 2 aliphatic heterocycles. The molecule has 158 valence electrons. The van der Waals surface area contributed by atoms with Gasteiger partial charge in [0.1, 0.15) is 5.75 Å². The highest BCUT2D eigenvalue weighted by molar-refractivity contribution is 5.94. The Hall–Kier alpha value is -2.09. The standard InChI is InChI=1S/C21H28N4O3.ClH/c1-3-27-16-6-4-15(5-7-16)13-23-20(26)19-17-14-28-21(8-10-22-11-9-21)12-18(17)25(2)24-19;/h4-7,22H,3,8-14H2,1-2H3,(H,23,26);1H. The Kier molecular flexibility index (Phi) is 6.82. The number of hydrogen-bond donors (Lipinski definition) is 2. The molecule has 1 saturated heterocycles. The molecule has 0 unspecified atom stereocenters. The summed E-state index contributed by atoms with van der Waals surface area (Å²) in [5, 5.41) is 10.9. The lowest BCUT2D eigenvalue weighted by atomic mass is 9.84. The SMILES string of the molecule is CCOc1ccc(CNC(=O)c2nn(C)c3c2COC2(CCNCC2)C3)cc1.Cl. The Morgan fingerprint density at radius 1 is 1.31 bits per heavy atom. The van der Waals surface area contributed by atoms with Crippen molar-refractivity contribution in [2.24, 2.45) is 7.05 Å². The number of hydrogen-bond acceptors (Lipinski definition) is 5. The number of halogens is 1. The van der Waals surface area contributed by atoms with Crippen molar-refractivity contribution in [2.75, 3.05) is 19.7 Å². The first-order valence-electron chi connectivity index (χ1n) is 9.99. The second-order valence-electron chi connectivity index (χ2n) is 7.56. The van der Waals surface area contributed by atoms with E-state index in [1.807, 2.05) is 42.9 Å². The van der Waals surface area contributed by atoms with Crippen molar-refractivity contribution in [1.82, 2.24) is 20.4 Å².